The van der Waals surface area contributed by atoms with Crippen LogP contribution in [0, 0.1) is 0 Å². The van der Waals surface area contributed by atoms with E-state index in [4.69, 9.17) is 4.74 Å². The highest BCUT2D eigenvalue weighted by Gasteiger charge is 2.47. The van der Waals surface area contributed by atoms with Gasteiger partial charge in [0, 0.05) is 12.5 Å². The Balaban J connectivity index is 1.55. The molecule has 5 heteroatoms. The molecule has 1 aliphatic heterocycles. The van der Waals surface area contributed by atoms with Crippen molar-refractivity contribution in [2.75, 3.05) is 13.2 Å². The topological polar surface area (TPSA) is 66.8 Å². The molecule has 1 atom stereocenters. The van der Waals surface area contributed by atoms with Crippen LogP contribution >= 0.6 is 0 Å². The summed E-state index contributed by atoms with van der Waals surface area (Å²) in [7, 11) is 0. The number of carbonyl (C=O) groups is 2. The molecule has 2 aliphatic rings. The molecular weight excluding hydrogens is 330 g/mol. The van der Waals surface area contributed by atoms with E-state index >= 15 is 0 Å². The van der Waals surface area contributed by atoms with Crippen LogP contribution in [0.3, 0.4) is 0 Å². The molecule has 134 valence electrons. The van der Waals surface area contributed by atoms with Crippen molar-refractivity contribution in [2.24, 2.45) is 0 Å². The first-order chi connectivity index (χ1) is 12.5. The van der Waals surface area contributed by atoms with Crippen molar-refractivity contribution in [3.8, 4) is 11.1 Å². The normalized spacial score (nSPS) is 21.3. The Hall–Kier alpha value is -2.82. The third-order valence-corrected chi connectivity index (χ3v) is 5.66. The summed E-state index contributed by atoms with van der Waals surface area (Å²) in [5.41, 5.74) is 3.44. The number of benzene rings is 2. The van der Waals surface area contributed by atoms with Crippen molar-refractivity contribution in [1.29, 1.82) is 0 Å². The van der Waals surface area contributed by atoms with E-state index in [1.54, 1.807) is 6.92 Å². The minimum Gasteiger partial charge on any atom is -0.480 e. The number of aliphatic carboxylic acids is 1. The van der Waals surface area contributed by atoms with Gasteiger partial charge in [-0.15, -0.1) is 0 Å². The van der Waals surface area contributed by atoms with Gasteiger partial charge >= 0.3 is 12.1 Å². The number of amides is 1. The van der Waals surface area contributed by atoms with Gasteiger partial charge in [0.15, 0.2) is 0 Å². The number of hydrogen-bond acceptors (Lipinski definition) is 3. The summed E-state index contributed by atoms with van der Waals surface area (Å²) >= 11 is 0. The lowest BCUT2D eigenvalue weighted by Gasteiger charge is -2.30. The smallest absolute Gasteiger partial charge is 0.410 e. The average molecular weight is 351 g/mol. The van der Waals surface area contributed by atoms with Gasteiger partial charge in [0.25, 0.3) is 0 Å². The molecule has 26 heavy (non-hydrogen) atoms. The molecule has 1 fully saturated rings. The first kappa shape index (κ1) is 16.6. The molecule has 2 aromatic carbocycles. The molecule has 0 aromatic heterocycles. The molecule has 1 saturated heterocycles. The monoisotopic (exact) mass is 351 g/mol. The first-order valence-electron chi connectivity index (χ1n) is 8.88. The number of ether oxygens (including phenoxy) is 1. The number of carboxylic acid groups (broad SMARTS) is 1. The van der Waals surface area contributed by atoms with Gasteiger partial charge in [0.2, 0.25) is 0 Å². The van der Waals surface area contributed by atoms with Gasteiger partial charge in [0.05, 0.1) is 0 Å². The standard InChI is InChI=1S/C21H21NO4/c1-21(19(23)24)11-6-12-22(21)20(25)26-13-18-16-9-4-2-7-14(16)15-8-3-5-10-17(15)18/h2-5,7-10,18H,6,11-13H2,1H3,(H,23,24)/t21-/m1/s1. The second-order valence-corrected chi connectivity index (χ2v) is 7.14. The Morgan fingerprint density at radius 2 is 1.69 bits per heavy atom. The molecule has 0 spiro atoms. The van der Waals surface area contributed by atoms with Crippen LogP contribution in [0.1, 0.15) is 36.8 Å². The lowest BCUT2D eigenvalue weighted by atomic mass is 9.98. The molecule has 0 radical (unpaired) electrons. The number of nitrogens with zero attached hydrogens (tertiary/aromatic N) is 1. The van der Waals surface area contributed by atoms with Gasteiger partial charge in [-0.25, -0.2) is 9.59 Å². The van der Waals surface area contributed by atoms with E-state index in [-0.39, 0.29) is 12.5 Å². The minimum absolute atomic E-state index is 0.0231. The van der Waals surface area contributed by atoms with Crippen LogP contribution in [0.25, 0.3) is 11.1 Å². The Bertz CT molecular complexity index is 832. The zero-order chi connectivity index (χ0) is 18.3. The number of fused-ring (bicyclic) bond motifs is 3. The Kier molecular flexibility index (Phi) is 3.94. The average Bonchev–Trinajstić information content (AvgIpc) is 3.19. The molecule has 1 N–H and O–H groups in total. The zero-order valence-corrected chi connectivity index (χ0v) is 14.6. The summed E-state index contributed by atoms with van der Waals surface area (Å²) in [6, 6.07) is 16.3. The summed E-state index contributed by atoms with van der Waals surface area (Å²) in [5, 5.41) is 9.48. The fraction of sp³-hybridized carbons (Fsp3) is 0.333. The molecular formula is C21H21NO4. The van der Waals surface area contributed by atoms with Crippen LogP contribution < -0.4 is 0 Å². The van der Waals surface area contributed by atoms with Crippen LogP contribution in [-0.4, -0.2) is 40.8 Å². The van der Waals surface area contributed by atoms with E-state index in [0.29, 0.717) is 19.4 Å². The van der Waals surface area contributed by atoms with Crippen molar-refractivity contribution >= 4 is 12.1 Å². The van der Waals surface area contributed by atoms with E-state index in [9.17, 15) is 14.7 Å². The van der Waals surface area contributed by atoms with Crippen molar-refractivity contribution in [3.63, 3.8) is 0 Å². The molecule has 0 bridgehead atoms. The van der Waals surface area contributed by atoms with E-state index in [0.717, 1.165) is 11.1 Å². The molecule has 1 heterocycles. The maximum Gasteiger partial charge on any atom is 0.410 e. The van der Waals surface area contributed by atoms with Gasteiger partial charge in [0.1, 0.15) is 12.1 Å². The number of hydrogen-bond donors (Lipinski definition) is 1. The Morgan fingerprint density at radius 3 is 2.27 bits per heavy atom. The maximum absolute atomic E-state index is 12.6. The zero-order valence-electron chi connectivity index (χ0n) is 14.6. The predicted molar refractivity (Wildman–Crippen MR) is 97.0 cm³/mol. The van der Waals surface area contributed by atoms with E-state index in [2.05, 4.69) is 24.3 Å². The van der Waals surface area contributed by atoms with Crippen LogP contribution in [0.2, 0.25) is 0 Å². The molecule has 0 unspecified atom stereocenters. The lowest BCUT2D eigenvalue weighted by Crippen LogP contribution is -2.51. The third kappa shape index (κ3) is 2.46. The fourth-order valence-electron chi connectivity index (χ4n) is 4.15. The second-order valence-electron chi connectivity index (χ2n) is 7.14. The van der Waals surface area contributed by atoms with Crippen molar-refractivity contribution in [2.45, 2.75) is 31.2 Å². The van der Waals surface area contributed by atoms with E-state index < -0.39 is 17.6 Å². The minimum atomic E-state index is -1.18. The number of carboxylic acids is 1. The van der Waals surface area contributed by atoms with Crippen LogP contribution in [-0.2, 0) is 9.53 Å². The van der Waals surface area contributed by atoms with Gasteiger partial charge in [-0.3, -0.25) is 4.90 Å². The number of likely N-dealkylation sites (tertiary alicyclic amines) is 1. The van der Waals surface area contributed by atoms with E-state index in [1.165, 1.54) is 16.0 Å². The molecule has 4 rings (SSSR count). The van der Waals surface area contributed by atoms with Gasteiger partial charge in [-0.05, 0) is 42.0 Å². The predicted octanol–water partition coefficient (Wildman–Crippen LogP) is 3.87. The maximum atomic E-state index is 12.6. The van der Waals surface area contributed by atoms with Crippen LogP contribution in [0.4, 0.5) is 4.79 Å². The van der Waals surface area contributed by atoms with E-state index in [1.807, 2.05) is 24.3 Å². The fourth-order valence-corrected chi connectivity index (χ4v) is 4.15. The highest BCUT2D eigenvalue weighted by molar-refractivity contribution is 5.85. The Morgan fingerprint density at radius 1 is 1.12 bits per heavy atom. The van der Waals surface area contributed by atoms with Crippen molar-refractivity contribution < 1.29 is 19.4 Å². The summed E-state index contributed by atoms with van der Waals surface area (Å²) in [4.78, 5) is 25.5. The van der Waals surface area contributed by atoms with Crippen LogP contribution in [0.15, 0.2) is 48.5 Å². The van der Waals surface area contributed by atoms with Gasteiger partial charge in [-0.1, -0.05) is 48.5 Å². The SMILES string of the molecule is C[C@]1(C(=O)O)CCCN1C(=O)OCC1c2ccccc2-c2ccccc21. The largest absolute Gasteiger partial charge is 0.480 e. The third-order valence-electron chi connectivity index (χ3n) is 5.66. The van der Waals surface area contributed by atoms with Gasteiger partial charge in [-0.2, -0.15) is 0 Å². The van der Waals surface area contributed by atoms with Crippen molar-refractivity contribution in [1.82, 2.24) is 4.90 Å². The quantitative estimate of drug-likeness (QED) is 0.911. The first-order valence-corrected chi connectivity index (χ1v) is 8.88. The summed E-state index contributed by atoms with van der Waals surface area (Å²) < 4.78 is 5.59. The van der Waals surface area contributed by atoms with Crippen LogP contribution in [0.5, 0.6) is 0 Å². The molecule has 0 saturated carbocycles. The van der Waals surface area contributed by atoms with Crippen molar-refractivity contribution in [3.05, 3.63) is 59.7 Å². The highest BCUT2D eigenvalue weighted by atomic mass is 16.6. The number of carbonyl (C=O) groups excluding carboxylic acids is 1. The molecule has 1 aliphatic carbocycles. The summed E-state index contributed by atoms with van der Waals surface area (Å²) in [5.74, 6) is -1.01. The number of rotatable bonds is 3. The molecule has 5 nitrogen and oxygen atoms in total. The second kappa shape index (κ2) is 6.16. The summed E-state index contributed by atoms with van der Waals surface area (Å²) in [6.45, 7) is 2.21. The Labute approximate surface area is 152 Å². The highest BCUT2D eigenvalue weighted by Crippen LogP contribution is 2.44. The molecule has 2 aromatic rings. The van der Waals surface area contributed by atoms with Gasteiger partial charge < -0.3 is 9.84 Å². The lowest BCUT2D eigenvalue weighted by molar-refractivity contribution is -0.147. The molecule has 1 amide bonds. The summed E-state index contributed by atoms with van der Waals surface area (Å²) in [6.07, 6.45) is 0.578.